The third kappa shape index (κ3) is 3.30. The van der Waals surface area contributed by atoms with E-state index in [-0.39, 0.29) is 24.4 Å². The molecule has 4 aliphatic rings. The molecule has 4 aliphatic heterocycles. The van der Waals surface area contributed by atoms with Crippen LogP contribution >= 0.6 is 0 Å². The zero-order valence-electron chi connectivity index (χ0n) is 19.1. The molecule has 4 N–H and O–H groups in total. The normalized spacial score (nSPS) is 31.7. The molecular formula is C23H30FN5O4. The highest BCUT2D eigenvalue weighted by molar-refractivity contribution is 6.20. The molecule has 0 radical (unpaired) electrons. The fourth-order valence-corrected chi connectivity index (χ4v) is 6.15. The summed E-state index contributed by atoms with van der Waals surface area (Å²) in [5.41, 5.74) is 6.16. The van der Waals surface area contributed by atoms with Crippen molar-refractivity contribution >= 4 is 29.2 Å². The predicted octanol–water partition coefficient (Wildman–Crippen LogP) is 0.890. The van der Waals surface area contributed by atoms with Gasteiger partial charge in [0.25, 0.3) is 0 Å². The van der Waals surface area contributed by atoms with Crippen molar-refractivity contribution in [1.29, 1.82) is 0 Å². The minimum atomic E-state index is -1.61. The molecule has 4 heterocycles. The van der Waals surface area contributed by atoms with Crippen molar-refractivity contribution in [3.63, 3.8) is 0 Å². The maximum Gasteiger partial charge on any atom is 0.328 e. The van der Waals surface area contributed by atoms with E-state index in [1.807, 2.05) is 19.9 Å². The molecule has 9 nitrogen and oxygen atoms in total. The highest BCUT2D eigenvalue weighted by Crippen LogP contribution is 2.48. The zero-order valence-corrected chi connectivity index (χ0v) is 19.1. The summed E-state index contributed by atoms with van der Waals surface area (Å²) in [5.74, 6) is -1.42. The number of carbonyl (C=O) groups excluding carboxylic acids is 3. The number of anilines is 2. The lowest BCUT2D eigenvalue weighted by molar-refractivity contribution is -0.153. The quantitative estimate of drug-likeness (QED) is 0.563. The van der Waals surface area contributed by atoms with E-state index in [2.05, 4.69) is 15.5 Å². The van der Waals surface area contributed by atoms with E-state index in [1.165, 1.54) is 6.07 Å². The van der Waals surface area contributed by atoms with E-state index in [0.717, 1.165) is 19.5 Å². The highest BCUT2D eigenvalue weighted by Gasteiger charge is 2.63. The van der Waals surface area contributed by atoms with Gasteiger partial charge in [-0.25, -0.2) is 9.18 Å². The van der Waals surface area contributed by atoms with E-state index in [9.17, 15) is 14.4 Å². The van der Waals surface area contributed by atoms with Crippen molar-refractivity contribution in [3.8, 4) is 0 Å². The van der Waals surface area contributed by atoms with Crippen LogP contribution in [0.15, 0.2) is 12.1 Å². The van der Waals surface area contributed by atoms with Crippen LogP contribution in [0.4, 0.5) is 20.6 Å². The van der Waals surface area contributed by atoms with Crippen LogP contribution in [0, 0.1) is 17.2 Å². The minimum Gasteiger partial charge on any atom is -0.372 e. The van der Waals surface area contributed by atoms with Crippen LogP contribution in [-0.4, -0.2) is 61.8 Å². The smallest absolute Gasteiger partial charge is 0.328 e. The standard InChI is InChI=1S/C23H30FN5O4/c1-11-9-29-18-15(6-16(7-17(18)24)28-5-4-14(10-28)12(2)25)8-23(19(29)13(3)33-11)20(30)26-22(32)27-21(23)31/h6-7,11-14,19H,4-5,8-10,25H2,1-3H3,(H2,26,27,30,31,32)/t11-,12-,13+,14?,19-/m1/s1. The molecule has 33 heavy (non-hydrogen) atoms. The summed E-state index contributed by atoms with van der Waals surface area (Å²) in [4.78, 5) is 42.2. The Labute approximate surface area is 191 Å². The molecule has 178 valence electrons. The second-order valence-corrected chi connectivity index (χ2v) is 9.92. The van der Waals surface area contributed by atoms with Crippen molar-refractivity contribution < 1.29 is 23.5 Å². The van der Waals surface area contributed by atoms with Gasteiger partial charge in [-0.1, -0.05) is 0 Å². The van der Waals surface area contributed by atoms with Crippen molar-refractivity contribution in [2.45, 2.75) is 57.9 Å². The Morgan fingerprint density at radius 3 is 2.52 bits per heavy atom. The third-order valence-corrected chi connectivity index (χ3v) is 7.67. The molecule has 10 heteroatoms. The van der Waals surface area contributed by atoms with Gasteiger partial charge in [-0.2, -0.15) is 0 Å². The number of morpholine rings is 1. The van der Waals surface area contributed by atoms with Gasteiger partial charge in [-0.3, -0.25) is 20.2 Å². The molecule has 4 amide bonds. The number of nitrogens with zero attached hydrogens (tertiary/aromatic N) is 2. The molecule has 1 spiro atoms. The molecule has 3 fully saturated rings. The molecule has 5 atom stereocenters. The number of fused-ring (bicyclic) bond motifs is 4. The first-order valence-electron chi connectivity index (χ1n) is 11.5. The number of nitrogens with two attached hydrogens (primary N) is 1. The summed E-state index contributed by atoms with van der Waals surface area (Å²) in [6, 6.07) is 1.87. The van der Waals surface area contributed by atoms with Crippen molar-refractivity contribution in [3.05, 3.63) is 23.5 Å². The first-order chi connectivity index (χ1) is 15.6. The molecule has 0 aliphatic carbocycles. The summed E-state index contributed by atoms with van der Waals surface area (Å²) in [5, 5.41) is 4.52. The van der Waals surface area contributed by atoms with E-state index < -0.39 is 35.4 Å². The molecular weight excluding hydrogens is 429 g/mol. The summed E-state index contributed by atoms with van der Waals surface area (Å²) >= 11 is 0. The van der Waals surface area contributed by atoms with Crippen LogP contribution in [0.1, 0.15) is 32.8 Å². The lowest BCUT2D eigenvalue weighted by Gasteiger charge is -2.55. The SMILES string of the molecule is C[C@@H]1CN2c3c(F)cc(N4CCC([C@@H](C)N)C4)cc3CC3(C(=O)NC(=O)NC3=O)[C@H]2[C@H](C)O1. The van der Waals surface area contributed by atoms with Crippen LogP contribution in [0.3, 0.4) is 0 Å². The highest BCUT2D eigenvalue weighted by atomic mass is 19.1. The van der Waals surface area contributed by atoms with E-state index >= 15 is 4.39 Å². The van der Waals surface area contributed by atoms with Crippen LogP contribution in [0.2, 0.25) is 0 Å². The third-order valence-electron chi connectivity index (χ3n) is 7.67. The summed E-state index contributed by atoms with van der Waals surface area (Å²) in [6.45, 7) is 7.45. The summed E-state index contributed by atoms with van der Waals surface area (Å²) < 4.78 is 21.7. The number of hydrogen-bond acceptors (Lipinski definition) is 7. The maximum absolute atomic E-state index is 15.7. The second kappa shape index (κ2) is 7.66. The van der Waals surface area contributed by atoms with Crippen molar-refractivity contribution in [1.82, 2.24) is 10.6 Å². The molecule has 0 aromatic heterocycles. The molecule has 5 rings (SSSR count). The van der Waals surface area contributed by atoms with E-state index in [1.54, 1.807) is 11.8 Å². The number of barbiturate groups is 1. The first-order valence-corrected chi connectivity index (χ1v) is 11.5. The minimum absolute atomic E-state index is 0.0220. The number of carbonyl (C=O) groups is 3. The number of nitrogens with one attached hydrogen (secondary N) is 2. The van der Waals surface area contributed by atoms with Crippen molar-refractivity contribution in [2.75, 3.05) is 29.4 Å². The Morgan fingerprint density at radius 2 is 1.88 bits per heavy atom. The number of hydrogen-bond donors (Lipinski definition) is 3. The van der Waals surface area contributed by atoms with Gasteiger partial charge in [0, 0.05) is 37.8 Å². The average Bonchev–Trinajstić information content (AvgIpc) is 3.21. The summed E-state index contributed by atoms with van der Waals surface area (Å²) in [6.07, 6.45) is 0.149. The molecule has 1 unspecified atom stereocenters. The summed E-state index contributed by atoms with van der Waals surface area (Å²) in [7, 11) is 0. The topological polar surface area (TPSA) is 117 Å². The predicted molar refractivity (Wildman–Crippen MR) is 119 cm³/mol. The number of imide groups is 2. The lowest BCUT2D eigenvalue weighted by Crippen LogP contribution is -2.75. The van der Waals surface area contributed by atoms with Crippen molar-refractivity contribution in [2.24, 2.45) is 17.1 Å². The van der Waals surface area contributed by atoms with E-state index in [4.69, 9.17) is 10.5 Å². The van der Waals surface area contributed by atoms with Gasteiger partial charge in [0.1, 0.15) is 5.82 Å². The van der Waals surface area contributed by atoms with Gasteiger partial charge in [0.15, 0.2) is 5.41 Å². The number of ether oxygens (including phenoxy) is 1. The Hall–Kier alpha value is -2.72. The van der Waals surface area contributed by atoms with E-state index in [0.29, 0.717) is 29.4 Å². The van der Waals surface area contributed by atoms with Gasteiger partial charge < -0.3 is 20.3 Å². The fourth-order valence-electron chi connectivity index (χ4n) is 6.15. The Balaban J connectivity index is 1.62. The van der Waals surface area contributed by atoms with Crippen LogP contribution in [-0.2, 0) is 20.7 Å². The number of amides is 4. The number of urea groups is 1. The molecule has 0 saturated carbocycles. The number of benzene rings is 1. The monoisotopic (exact) mass is 459 g/mol. The average molecular weight is 460 g/mol. The molecule has 3 saturated heterocycles. The van der Waals surface area contributed by atoms with Gasteiger partial charge in [-0.15, -0.1) is 0 Å². The lowest BCUT2D eigenvalue weighted by atomic mass is 9.66. The fraction of sp³-hybridized carbons (Fsp3) is 0.609. The van der Waals surface area contributed by atoms with Gasteiger partial charge >= 0.3 is 6.03 Å². The first kappa shape index (κ1) is 22.1. The second-order valence-electron chi connectivity index (χ2n) is 9.92. The zero-order chi connectivity index (χ0) is 23.7. The maximum atomic E-state index is 15.7. The molecule has 1 aromatic rings. The number of rotatable bonds is 2. The van der Waals surface area contributed by atoms with Crippen LogP contribution in [0.5, 0.6) is 0 Å². The Bertz CT molecular complexity index is 1010. The van der Waals surface area contributed by atoms with Gasteiger partial charge in [0.05, 0.1) is 23.9 Å². The van der Waals surface area contributed by atoms with Gasteiger partial charge in [-0.05, 0) is 50.8 Å². The van der Waals surface area contributed by atoms with Gasteiger partial charge in [0.2, 0.25) is 11.8 Å². The Morgan fingerprint density at radius 1 is 1.18 bits per heavy atom. The number of halogens is 1. The molecule has 0 bridgehead atoms. The molecule has 1 aromatic carbocycles. The van der Waals surface area contributed by atoms with Crippen LogP contribution < -0.4 is 26.2 Å². The van der Waals surface area contributed by atoms with Crippen LogP contribution in [0.25, 0.3) is 0 Å². The largest absolute Gasteiger partial charge is 0.372 e. The Kier molecular flexibility index (Phi) is 5.13.